The van der Waals surface area contributed by atoms with Crippen molar-refractivity contribution in [2.75, 3.05) is 24.2 Å². The Morgan fingerprint density at radius 1 is 1.39 bits per heavy atom. The van der Waals surface area contributed by atoms with Crippen molar-refractivity contribution in [1.29, 1.82) is 0 Å². The number of hydrogen-bond acceptors (Lipinski definition) is 4. The van der Waals surface area contributed by atoms with Crippen LogP contribution in [0.3, 0.4) is 0 Å². The Kier molecular flexibility index (Phi) is 4.24. The van der Waals surface area contributed by atoms with Crippen molar-refractivity contribution < 1.29 is 8.42 Å². The lowest BCUT2D eigenvalue weighted by molar-refractivity contribution is 0.597. The molecule has 2 N–H and O–H groups in total. The molecule has 1 atom stereocenters. The molecule has 0 amide bonds. The van der Waals surface area contributed by atoms with Crippen molar-refractivity contribution in [1.82, 2.24) is 5.32 Å². The Bertz CT molecular complexity index is 493. The molecule has 1 aliphatic rings. The Labute approximate surface area is 109 Å². The van der Waals surface area contributed by atoms with Gasteiger partial charge in [0, 0.05) is 12.6 Å². The highest BCUT2D eigenvalue weighted by atomic mass is 32.2. The van der Waals surface area contributed by atoms with Gasteiger partial charge in [-0.25, -0.2) is 8.42 Å². The minimum absolute atomic E-state index is 0.132. The third-order valence-electron chi connectivity index (χ3n) is 3.30. The summed E-state index contributed by atoms with van der Waals surface area (Å²) in [6.45, 7) is 3.50. The van der Waals surface area contributed by atoms with Gasteiger partial charge in [-0.05, 0) is 31.5 Å². The Balaban J connectivity index is 2.12. The van der Waals surface area contributed by atoms with Gasteiger partial charge in [-0.2, -0.15) is 0 Å². The fourth-order valence-corrected chi connectivity index (χ4v) is 3.28. The lowest BCUT2D eigenvalue weighted by Gasteiger charge is -2.15. The molecule has 0 aromatic heterocycles. The van der Waals surface area contributed by atoms with Gasteiger partial charge < -0.3 is 10.6 Å². The number of rotatable bonds is 5. The van der Waals surface area contributed by atoms with Crippen LogP contribution in [0.15, 0.2) is 29.2 Å². The summed E-state index contributed by atoms with van der Waals surface area (Å²) in [7, 11) is -3.16. The van der Waals surface area contributed by atoms with E-state index in [1.54, 1.807) is 19.1 Å². The molecule has 5 heteroatoms. The second kappa shape index (κ2) is 5.71. The summed E-state index contributed by atoms with van der Waals surface area (Å²) >= 11 is 0. The number of nitrogens with one attached hydrogen (secondary N) is 2. The van der Waals surface area contributed by atoms with Crippen molar-refractivity contribution in [2.24, 2.45) is 0 Å². The Morgan fingerprint density at radius 3 is 2.83 bits per heavy atom. The van der Waals surface area contributed by atoms with Gasteiger partial charge in [0.1, 0.15) is 0 Å². The molecule has 100 valence electrons. The lowest BCUT2D eigenvalue weighted by atomic mass is 10.2. The summed E-state index contributed by atoms with van der Waals surface area (Å²) in [6.07, 6.45) is 2.34. The van der Waals surface area contributed by atoms with Crippen molar-refractivity contribution in [3.63, 3.8) is 0 Å². The number of para-hydroxylation sites is 1. The second-order valence-electron chi connectivity index (χ2n) is 4.57. The highest BCUT2D eigenvalue weighted by molar-refractivity contribution is 7.91. The van der Waals surface area contributed by atoms with Gasteiger partial charge in [0.15, 0.2) is 9.84 Å². The van der Waals surface area contributed by atoms with E-state index in [-0.39, 0.29) is 5.75 Å². The predicted octanol–water partition coefficient (Wildman–Crippen LogP) is 1.64. The zero-order valence-electron chi connectivity index (χ0n) is 10.6. The maximum Gasteiger partial charge on any atom is 0.180 e. The van der Waals surface area contributed by atoms with Crippen LogP contribution < -0.4 is 10.6 Å². The van der Waals surface area contributed by atoms with E-state index < -0.39 is 9.84 Å². The highest BCUT2D eigenvalue weighted by Crippen LogP contribution is 2.22. The standard InChI is InChI=1S/C13H20N2O2S/c1-2-18(16,17)13-8-4-3-7-12(13)15-10-11-6-5-9-14-11/h3-4,7-8,11,14-15H,2,5-6,9-10H2,1H3. The van der Waals surface area contributed by atoms with E-state index in [1.807, 2.05) is 12.1 Å². The second-order valence-corrected chi connectivity index (χ2v) is 6.82. The first-order valence-corrected chi connectivity index (χ1v) is 8.08. The lowest BCUT2D eigenvalue weighted by Crippen LogP contribution is -2.29. The van der Waals surface area contributed by atoms with E-state index in [0.717, 1.165) is 19.5 Å². The normalized spacial score (nSPS) is 19.9. The smallest absolute Gasteiger partial charge is 0.180 e. The van der Waals surface area contributed by atoms with E-state index in [2.05, 4.69) is 10.6 Å². The maximum absolute atomic E-state index is 12.0. The first-order valence-electron chi connectivity index (χ1n) is 6.42. The highest BCUT2D eigenvalue weighted by Gasteiger charge is 2.18. The van der Waals surface area contributed by atoms with Gasteiger partial charge in [-0.1, -0.05) is 19.1 Å². The third-order valence-corrected chi connectivity index (χ3v) is 5.09. The largest absolute Gasteiger partial charge is 0.382 e. The van der Waals surface area contributed by atoms with Crippen molar-refractivity contribution in [3.8, 4) is 0 Å². The zero-order chi connectivity index (χ0) is 13.0. The molecule has 0 aliphatic carbocycles. The molecule has 1 fully saturated rings. The van der Waals surface area contributed by atoms with Gasteiger partial charge >= 0.3 is 0 Å². The molecule has 4 nitrogen and oxygen atoms in total. The molecule has 1 aromatic rings. The van der Waals surface area contributed by atoms with E-state index in [9.17, 15) is 8.42 Å². The minimum atomic E-state index is -3.16. The maximum atomic E-state index is 12.0. The van der Waals surface area contributed by atoms with Gasteiger partial charge in [0.2, 0.25) is 0 Å². The summed E-state index contributed by atoms with van der Waals surface area (Å²) < 4.78 is 23.9. The summed E-state index contributed by atoms with van der Waals surface area (Å²) in [5.74, 6) is 0.132. The van der Waals surface area contributed by atoms with Crippen LogP contribution in [0.1, 0.15) is 19.8 Å². The fraction of sp³-hybridized carbons (Fsp3) is 0.538. The molecule has 18 heavy (non-hydrogen) atoms. The van der Waals surface area contributed by atoms with Gasteiger partial charge in [0.25, 0.3) is 0 Å². The molecule has 2 rings (SSSR count). The summed E-state index contributed by atoms with van der Waals surface area (Å²) in [5.41, 5.74) is 0.716. The summed E-state index contributed by atoms with van der Waals surface area (Å²) in [5, 5.41) is 6.64. The Morgan fingerprint density at radius 2 is 2.17 bits per heavy atom. The predicted molar refractivity (Wildman–Crippen MR) is 73.7 cm³/mol. The van der Waals surface area contributed by atoms with Crippen LogP contribution in [-0.2, 0) is 9.84 Å². The molecular formula is C13H20N2O2S. The molecule has 1 saturated heterocycles. The molecule has 0 saturated carbocycles. The minimum Gasteiger partial charge on any atom is -0.382 e. The van der Waals surface area contributed by atoms with Crippen molar-refractivity contribution in [3.05, 3.63) is 24.3 Å². The molecule has 1 aliphatic heterocycles. The average Bonchev–Trinajstić information content (AvgIpc) is 2.90. The summed E-state index contributed by atoms with van der Waals surface area (Å²) in [4.78, 5) is 0.408. The van der Waals surface area contributed by atoms with Crippen molar-refractivity contribution >= 4 is 15.5 Å². The molecule has 1 heterocycles. The van der Waals surface area contributed by atoms with Crippen LogP contribution >= 0.6 is 0 Å². The number of sulfone groups is 1. The molecule has 0 bridgehead atoms. The van der Waals surface area contributed by atoms with Crippen LogP contribution in [0.2, 0.25) is 0 Å². The van der Waals surface area contributed by atoms with Crippen LogP contribution in [0.5, 0.6) is 0 Å². The van der Waals surface area contributed by atoms with E-state index in [1.165, 1.54) is 6.42 Å². The van der Waals surface area contributed by atoms with Gasteiger partial charge in [-0.15, -0.1) is 0 Å². The fourth-order valence-electron chi connectivity index (χ4n) is 2.20. The SMILES string of the molecule is CCS(=O)(=O)c1ccccc1NCC1CCCN1. The van der Waals surface area contributed by atoms with E-state index in [4.69, 9.17) is 0 Å². The van der Waals surface area contributed by atoms with E-state index in [0.29, 0.717) is 16.6 Å². The van der Waals surface area contributed by atoms with Gasteiger partial charge in [-0.3, -0.25) is 0 Å². The van der Waals surface area contributed by atoms with E-state index >= 15 is 0 Å². The van der Waals surface area contributed by atoms with Crippen LogP contribution in [-0.4, -0.2) is 33.3 Å². The monoisotopic (exact) mass is 268 g/mol. The molecule has 0 radical (unpaired) electrons. The molecule has 1 unspecified atom stereocenters. The first-order chi connectivity index (χ1) is 8.63. The zero-order valence-corrected chi connectivity index (χ0v) is 11.5. The van der Waals surface area contributed by atoms with Crippen LogP contribution in [0, 0.1) is 0 Å². The number of hydrogen-bond donors (Lipinski definition) is 2. The quantitative estimate of drug-likeness (QED) is 0.852. The number of anilines is 1. The molecule has 1 aromatic carbocycles. The Hall–Kier alpha value is -1.07. The molecular weight excluding hydrogens is 248 g/mol. The summed E-state index contributed by atoms with van der Waals surface area (Å²) in [6, 6.07) is 7.57. The van der Waals surface area contributed by atoms with Crippen molar-refractivity contribution in [2.45, 2.75) is 30.7 Å². The first kappa shape index (κ1) is 13.4. The average molecular weight is 268 g/mol. The number of benzene rings is 1. The molecule has 0 spiro atoms. The topological polar surface area (TPSA) is 58.2 Å². The third kappa shape index (κ3) is 3.03. The van der Waals surface area contributed by atoms with Gasteiger partial charge in [0.05, 0.1) is 16.3 Å². The van der Waals surface area contributed by atoms with Crippen LogP contribution in [0.25, 0.3) is 0 Å². The van der Waals surface area contributed by atoms with Crippen LogP contribution in [0.4, 0.5) is 5.69 Å².